The van der Waals surface area contributed by atoms with Crippen LogP contribution >= 0.6 is 22.2 Å². The molecule has 4 aromatic rings. The Morgan fingerprint density at radius 1 is 0.304 bits per heavy atom. The van der Waals surface area contributed by atoms with Gasteiger partial charge in [-0.05, 0) is 20.2 Å². The fourth-order valence-electron chi connectivity index (χ4n) is 9.76. The average Bonchev–Trinajstić information content (AvgIpc) is 2.99. The molecule has 0 radical (unpaired) electrons. The van der Waals surface area contributed by atoms with Gasteiger partial charge in [0.05, 0.1) is 0 Å². The largest absolute Gasteiger partial charge is 0.169 e. The first-order valence-corrected chi connectivity index (χ1v) is 29.8. The van der Waals surface area contributed by atoms with Crippen molar-refractivity contribution < 1.29 is 0 Å². The number of benzene rings is 4. The van der Waals surface area contributed by atoms with Crippen LogP contribution in [-0.2, 0) is 0 Å². The normalized spacial score (nSPS) is 14.3. The van der Waals surface area contributed by atoms with Gasteiger partial charge in [-0.3, -0.25) is 0 Å². The zero-order chi connectivity index (χ0) is 34.5. The Morgan fingerprint density at radius 2 is 0.457 bits per heavy atom. The molecule has 0 atom stereocenters. The molecule has 0 unspecified atom stereocenters. The zero-order valence-electron chi connectivity index (χ0n) is 30.3. The van der Waals surface area contributed by atoms with Gasteiger partial charge in [0.25, 0.3) is 0 Å². The van der Waals surface area contributed by atoms with E-state index in [1.165, 1.54) is 20.7 Å². The van der Waals surface area contributed by atoms with Gasteiger partial charge in [0.2, 0.25) is 0 Å². The van der Waals surface area contributed by atoms with Gasteiger partial charge in [0.1, 0.15) is 14.2 Å². The van der Waals surface area contributed by atoms with Crippen molar-refractivity contribution in [2.45, 2.75) is 103 Å². The first-order valence-electron chi connectivity index (χ1n) is 16.8. The van der Waals surface area contributed by atoms with E-state index in [4.69, 9.17) is 0 Å². The Labute approximate surface area is 293 Å². The Bertz CT molecular complexity index is 1350. The molecule has 0 fully saturated rings. The molecule has 0 aromatic heterocycles. The molecule has 4 aromatic carbocycles. The quantitative estimate of drug-likeness (QED) is 0.132. The fraction of sp³-hybridized carbons (Fsp3) is 0.400. The minimum absolute atomic E-state index is 0.172. The SMILES string of the molecule is CC(C)(C)[Si](Cl)(C(C)(C)C)[Si](c1ccccc1)(c1ccccc1)[Si](c1ccccc1)(c1ccccc1)[Si](Cl)(C(C)(C)C)C(C)(C)C. The van der Waals surface area contributed by atoms with Crippen molar-refractivity contribution in [3.63, 3.8) is 0 Å². The van der Waals surface area contributed by atoms with Crippen molar-refractivity contribution in [1.29, 1.82) is 0 Å². The molecule has 0 nitrogen and oxygen atoms in total. The van der Waals surface area contributed by atoms with Crippen LogP contribution in [0.2, 0.25) is 20.2 Å². The minimum Gasteiger partial charge on any atom is -0.169 e. The molecule has 46 heavy (non-hydrogen) atoms. The van der Waals surface area contributed by atoms with Gasteiger partial charge in [0, 0.05) is 0 Å². The van der Waals surface area contributed by atoms with Crippen LogP contribution in [0.25, 0.3) is 0 Å². The average molecular weight is 720 g/mol. The summed E-state index contributed by atoms with van der Waals surface area (Å²) in [5, 5.41) is 5.08. The maximum Gasteiger partial charge on any atom is 0.166 e. The summed E-state index contributed by atoms with van der Waals surface area (Å²) in [5.41, 5.74) is 0. The van der Waals surface area contributed by atoms with E-state index in [9.17, 15) is 22.2 Å². The Kier molecular flexibility index (Phi) is 10.2. The molecule has 0 aliphatic carbocycles. The lowest BCUT2D eigenvalue weighted by atomic mass is 10.2. The zero-order valence-corrected chi connectivity index (χ0v) is 35.8. The predicted octanol–water partition coefficient (Wildman–Crippen LogP) is 10.3. The molecule has 0 saturated heterocycles. The standard InChI is InChI=1S/C40H56Cl2Si4/c1-37(2,3)45(41,38(4,5)6)43(33-25-17-13-18-26-33,34-27-19-14-20-28-34)44(35-29-21-15-22-30-35,36-31-23-16-24-32-36)46(42,39(7,8)9)40(10,11)12/h13-32H,1-12H3. The van der Waals surface area contributed by atoms with Gasteiger partial charge in [-0.25, -0.2) is 0 Å². The summed E-state index contributed by atoms with van der Waals surface area (Å²) < 4.78 is 0. The number of hydrogen-bond acceptors (Lipinski definition) is 0. The third kappa shape index (κ3) is 5.25. The Balaban J connectivity index is 2.66. The van der Waals surface area contributed by atoms with Gasteiger partial charge in [-0.15, -0.1) is 0 Å². The second-order valence-corrected chi connectivity index (χ2v) is 53.0. The van der Waals surface area contributed by atoms with E-state index in [1.807, 2.05) is 0 Å². The second-order valence-electron chi connectivity index (χ2n) is 17.3. The summed E-state index contributed by atoms with van der Waals surface area (Å²) >= 11 is 18.3. The molecule has 0 heterocycles. The highest BCUT2D eigenvalue weighted by molar-refractivity contribution is 8.03. The topological polar surface area (TPSA) is 0 Å². The van der Waals surface area contributed by atoms with Crippen molar-refractivity contribution in [2.24, 2.45) is 0 Å². The highest BCUT2D eigenvalue weighted by Crippen LogP contribution is 2.65. The van der Waals surface area contributed by atoms with Crippen molar-refractivity contribution in [3.8, 4) is 0 Å². The Hall–Kier alpha value is -1.67. The molecule has 0 bridgehead atoms. The summed E-state index contributed by atoms with van der Waals surface area (Å²) in [6.07, 6.45) is 0. The van der Waals surface area contributed by atoms with E-state index in [-0.39, 0.29) is 20.2 Å². The molecule has 4 rings (SSSR count). The second kappa shape index (κ2) is 12.7. The predicted molar refractivity (Wildman–Crippen MR) is 218 cm³/mol. The summed E-state index contributed by atoms with van der Waals surface area (Å²) in [7, 11) is -6.43. The smallest absolute Gasteiger partial charge is 0.166 e. The summed E-state index contributed by atoms with van der Waals surface area (Å²) in [5.74, 6) is 0. The van der Waals surface area contributed by atoms with Crippen molar-refractivity contribution in [1.82, 2.24) is 0 Å². The van der Waals surface area contributed by atoms with Crippen LogP contribution in [0.3, 0.4) is 0 Å². The van der Waals surface area contributed by atoms with Crippen LogP contribution < -0.4 is 20.7 Å². The Morgan fingerprint density at radius 3 is 0.587 bits per heavy atom. The molecular weight excluding hydrogens is 664 g/mol. The maximum absolute atomic E-state index is 9.17. The lowest BCUT2D eigenvalue weighted by Gasteiger charge is -2.70. The third-order valence-corrected chi connectivity index (χ3v) is 82.8. The van der Waals surface area contributed by atoms with E-state index in [0.717, 1.165) is 0 Å². The van der Waals surface area contributed by atoms with Gasteiger partial charge >= 0.3 is 0 Å². The molecule has 0 spiro atoms. The minimum atomic E-state index is -3.22. The summed E-state index contributed by atoms with van der Waals surface area (Å²) in [6.45, 7) is 23.3. The first kappa shape index (κ1) is 37.2. The molecular formula is C40H56Cl2Si4. The van der Waals surface area contributed by atoms with E-state index < -0.39 is 28.0 Å². The van der Waals surface area contributed by atoms with Gasteiger partial charge in [-0.1, -0.05) is 225 Å². The van der Waals surface area contributed by atoms with E-state index in [1.54, 1.807) is 0 Å². The van der Waals surface area contributed by atoms with Crippen LogP contribution in [0.5, 0.6) is 0 Å². The van der Waals surface area contributed by atoms with Gasteiger partial charge < -0.3 is 0 Å². The van der Waals surface area contributed by atoms with Crippen molar-refractivity contribution in [3.05, 3.63) is 121 Å². The maximum atomic E-state index is 9.17. The number of hydrogen-bond donors (Lipinski definition) is 0. The number of halogens is 2. The number of rotatable bonds is 7. The molecule has 0 aliphatic rings. The molecule has 0 amide bonds. The van der Waals surface area contributed by atoms with Crippen LogP contribution in [-0.4, -0.2) is 28.0 Å². The molecule has 0 aliphatic heterocycles. The highest BCUT2D eigenvalue weighted by atomic mass is 35.6. The van der Waals surface area contributed by atoms with Crippen LogP contribution in [0, 0.1) is 0 Å². The van der Waals surface area contributed by atoms with E-state index >= 15 is 0 Å². The van der Waals surface area contributed by atoms with Gasteiger partial charge in [-0.2, -0.15) is 22.2 Å². The van der Waals surface area contributed by atoms with E-state index in [0.29, 0.717) is 0 Å². The highest BCUT2D eigenvalue weighted by Gasteiger charge is 2.83. The summed E-state index contributed by atoms with van der Waals surface area (Å²) in [4.78, 5) is 0. The monoisotopic (exact) mass is 718 g/mol. The first-order chi connectivity index (χ1) is 21.2. The summed E-state index contributed by atoms with van der Waals surface area (Å²) in [6, 6.07) is 46.4. The molecule has 0 saturated carbocycles. The third-order valence-electron chi connectivity index (χ3n) is 10.6. The van der Waals surface area contributed by atoms with Crippen LogP contribution in [0.1, 0.15) is 83.1 Å². The fourth-order valence-corrected chi connectivity index (χ4v) is 111. The molecule has 246 valence electrons. The van der Waals surface area contributed by atoms with Crippen molar-refractivity contribution >= 4 is 70.9 Å². The van der Waals surface area contributed by atoms with Crippen LogP contribution in [0.15, 0.2) is 121 Å². The lowest BCUT2D eigenvalue weighted by Crippen LogP contribution is -3.03. The van der Waals surface area contributed by atoms with E-state index in [2.05, 4.69) is 204 Å². The molecule has 0 N–H and O–H groups in total. The van der Waals surface area contributed by atoms with Crippen molar-refractivity contribution in [2.75, 3.05) is 0 Å². The van der Waals surface area contributed by atoms with Crippen LogP contribution in [0.4, 0.5) is 0 Å². The lowest BCUT2D eigenvalue weighted by molar-refractivity contribution is 0.647. The molecule has 6 heteroatoms. The van der Waals surface area contributed by atoms with Gasteiger partial charge in [0.15, 0.2) is 13.8 Å².